The van der Waals surface area contributed by atoms with Crippen molar-refractivity contribution < 1.29 is 0 Å². The Kier molecular flexibility index (Phi) is 2.61. The summed E-state index contributed by atoms with van der Waals surface area (Å²) in [6.07, 6.45) is 5.25. The van der Waals surface area contributed by atoms with Crippen molar-refractivity contribution in [1.82, 2.24) is 19.5 Å². The standard InChI is InChI=1S/C14H12N4/c1-11-9-13(12-5-3-2-4-6-12)17-14(16-11)18-8-7-15-10-18/h2-10H,1H3. The Morgan fingerprint density at radius 2 is 1.89 bits per heavy atom. The molecule has 2 aromatic heterocycles. The third-order valence-electron chi connectivity index (χ3n) is 2.65. The van der Waals surface area contributed by atoms with Crippen LogP contribution in [0.3, 0.4) is 0 Å². The molecule has 0 amide bonds. The Labute approximate surface area is 105 Å². The summed E-state index contributed by atoms with van der Waals surface area (Å²) < 4.78 is 1.80. The lowest BCUT2D eigenvalue weighted by Gasteiger charge is -2.06. The third kappa shape index (κ3) is 2.00. The number of hydrogen-bond donors (Lipinski definition) is 0. The van der Waals surface area contributed by atoms with Crippen LogP contribution in [0.1, 0.15) is 5.69 Å². The molecule has 1 aromatic carbocycles. The van der Waals surface area contributed by atoms with Crippen LogP contribution >= 0.6 is 0 Å². The first-order chi connectivity index (χ1) is 8.83. The molecule has 0 N–H and O–H groups in total. The molecule has 0 atom stereocenters. The van der Waals surface area contributed by atoms with E-state index in [0.29, 0.717) is 5.95 Å². The molecule has 0 fully saturated rings. The smallest absolute Gasteiger partial charge is 0.235 e. The van der Waals surface area contributed by atoms with Gasteiger partial charge < -0.3 is 0 Å². The van der Waals surface area contributed by atoms with Crippen molar-refractivity contribution in [1.29, 1.82) is 0 Å². The van der Waals surface area contributed by atoms with E-state index in [1.54, 1.807) is 17.1 Å². The van der Waals surface area contributed by atoms with Crippen LogP contribution in [0.4, 0.5) is 0 Å². The van der Waals surface area contributed by atoms with Crippen molar-refractivity contribution in [3.8, 4) is 17.2 Å². The van der Waals surface area contributed by atoms with E-state index >= 15 is 0 Å². The molecule has 3 aromatic rings. The minimum Gasteiger partial charge on any atom is -0.274 e. The number of aromatic nitrogens is 4. The maximum Gasteiger partial charge on any atom is 0.235 e. The van der Waals surface area contributed by atoms with Crippen molar-refractivity contribution in [2.45, 2.75) is 6.92 Å². The predicted molar refractivity (Wildman–Crippen MR) is 69.3 cm³/mol. The van der Waals surface area contributed by atoms with Crippen molar-refractivity contribution in [3.05, 3.63) is 60.8 Å². The molecule has 4 heteroatoms. The van der Waals surface area contributed by atoms with E-state index in [1.165, 1.54) is 0 Å². The summed E-state index contributed by atoms with van der Waals surface area (Å²) in [4.78, 5) is 13.0. The van der Waals surface area contributed by atoms with Gasteiger partial charge in [0.05, 0.1) is 5.69 Å². The summed E-state index contributed by atoms with van der Waals surface area (Å²) in [5.74, 6) is 0.645. The molecule has 18 heavy (non-hydrogen) atoms. The molecule has 88 valence electrons. The van der Waals surface area contributed by atoms with Gasteiger partial charge in [-0.1, -0.05) is 30.3 Å². The van der Waals surface area contributed by atoms with E-state index in [0.717, 1.165) is 17.0 Å². The summed E-state index contributed by atoms with van der Waals surface area (Å²) >= 11 is 0. The van der Waals surface area contributed by atoms with Crippen LogP contribution in [0.5, 0.6) is 0 Å². The van der Waals surface area contributed by atoms with Crippen LogP contribution in [0.25, 0.3) is 17.2 Å². The van der Waals surface area contributed by atoms with Gasteiger partial charge in [0.1, 0.15) is 6.33 Å². The average Bonchev–Trinajstić information content (AvgIpc) is 2.93. The summed E-state index contributed by atoms with van der Waals surface area (Å²) in [6, 6.07) is 12.1. The first-order valence-electron chi connectivity index (χ1n) is 5.72. The molecule has 0 radical (unpaired) electrons. The number of hydrogen-bond acceptors (Lipinski definition) is 3. The van der Waals surface area contributed by atoms with Crippen LogP contribution in [0.2, 0.25) is 0 Å². The predicted octanol–water partition coefficient (Wildman–Crippen LogP) is 2.64. The van der Waals surface area contributed by atoms with E-state index in [2.05, 4.69) is 15.0 Å². The molecule has 0 aliphatic rings. The zero-order chi connectivity index (χ0) is 12.4. The largest absolute Gasteiger partial charge is 0.274 e. The first-order valence-corrected chi connectivity index (χ1v) is 5.72. The normalized spacial score (nSPS) is 10.5. The number of benzene rings is 1. The number of nitrogens with zero attached hydrogens (tertiary/aromatic N) is 4. The molecule has 0 spiro atoms. The maximum atomic E-state index is 4.56. The molecule has 0 saturated heterocycles. The maximum absolute atomic E-state index is 4.56. The fourth-order valence-corrected chi connectivity index (χ4v) is 1.80. The van der Waals surface area contributed by atoms with Crippen LogP contribution in [-0.2, 0) is 0 Å². The summed E-state index contributed by atoms with van der Waals surface area (Å²) in [6.45, 7) is 1.97. The Balaban J connectivity index is 2.12. The number of rotatable bonds is 2. The van der Waals surface area contributed by atoms with E-state index < -0.39 is 0 Å². The van der Waals surface area contributed by atoms with Gasteiger partial charge in [-0.15, -0.1) is 0 Å². The minimum atomic E-state index is 0.645. The molecule has 0 aliphatic carbocycles. The number of imidazole rings is 1. The van der Waals surface area contributed by atoms with Crippen LogP contribution in [0.15, 0.2) is 55.1 Å². The Morgan fingerprint density at radius 3 is 2.61 bits per heavy atom. The highest BCUT2D eigenvalue weighted by atomic mass is 15.2. The highest BCUT2D eigenvalue weighted by Gasteiger charge is 2.05. The SMILES string of the molecule is Cc1cc(-c2ccccc2)nc(-n2ccnc2)n1. The van der Waals surface area contributed by atoms with Gasteiger partial charge in [-0.2, -0.15) is 0 Å². The van der Waals surface area contributed by atoms with Gasteiger partial charge in [-0.3, -0.25) is 4.57 Å². The molecule has 0 saturated carbocycles. The number of aryl methyl sites for hydroxylation is 1. The zero-order valence-electron chi connectivity index (χ0n) is 9.99. The summed E-state index contributed by atoms with van der Waals surface area (Å²) in [5.41, 5.74) is 2.95. The molecule has 3 rings (SSSR count). The molecule has 4 nitrogen and oxygen atoms in total. The van der Waals surface area contributed by atoms with E-state index in [-0.39, 0.29) is 0 Å². The topological polar surface area (TPSA) is 43.6 Å². The van der Waals surface area contributed by atoms with Crippen molar-refractivity contribution in [3.63, 3.8) is 0 Å². The quantitative estimate of drug-likeness (QED) is 0.687. The average molecular weight is 236 g/mol. The lowest BCUT2D eigenvalue weighted by atomic mass is 10.1. The molecule has 0 aliphatic heterocycles. The highest BCUT2D eigenvalue weighted by molar-refractivity contribution is 5.59. The minimum absolute atomic E-state index is 0.645. The Morgan fingerprint density at radius 1 is 1.06 bits per heavy atom. The molecular formula is C14H12N4. The second-order valence-corrected chi connectivity index (χ2v) is 4.03. The van der Waals surface area contributed by atoms with Crippen LogP contribution in [0, 0.1) is 6.92 Å². The summed E-state index contributed by atoms with van der Waals surface area (Å²) in [5, 5.41) is 0. The molecule has 0 unspecified atom stereocenters. The van der Waals surface area contributed by atoms with Gasteiger partial charge in [-0.25, -0.2) is 15.0 Å². The third-order valence-corrected chi connectivity index (χ3v) is 2.65. The van der Waals surface area contributed by atoms with Crippen LogP contribution < -0.4 is 0 Å². The van der Waals surface area contributed by atoms with Gasteiger partial charge in [-0.05, 0) is 13.0 Å². The van der Waals surface area contributed by atoms with Gasteiger partial charge in [0.15, 0.2) is 0 Å². The lowest BCUT2D eigenvalue weighted by molar-refractivity contribution is 0.912. The van der Waals surface area contributed by atoms with Crippen LogP contribution in [-0.4, -0.2) is 19.5 Å². The molecular weight excluding hydrogens is 224 g/mol. The monoisotopic (exact) mass is 236 g/mol. The zero-order valence-corrected chi connectivity index (χ0v) is 9.99. The second-order valence-electron chi connectivity index (χ2n) is 4.03. The van der Waals surface area contributed by atoms with Gasteiger partial charge in [0, 0.05) is 23.7 Å². The lowest BCUT2D eigenvalue weighted by Crippen LogP contribution is -2.01. The Bertz CT molecular complexity index is 645. The molecule has 2 heterocycles. The van der Waals surface area contributed by atoms with Crippen molar-refractivity contribution >= 4 is 0 Å². The fourth-order valence-electron chi connectivity index (χ4n) is 1.80. The second kappa shape index (κ2) is 4.41. The van der Waals surface area contributed by atoms with Gasteiger partial charge in [0.25, 0.3) is 0 Å². The van der Waals surface area contributed by atoms with Crippen molar-refractivity contribution in [2.24, 2.45) is 0 Å². The molecule has 0 bridgehead atoms. The van der Waals surface area contributed by atoms with Gasteiger partial charge >= 0.3 is 0 Å². The van der Waals surface area contributed by atoms with E-state index in [4.69, 9.17) is 0 Å². The van der Waals surface area contributed by atoms with Crippen molar-refractivity contribution in [2.75, 3.05) is 0 Å². The first kappa shape index (κ1) is 10.7. The van der Waals surface area contributed by atoms with E-state index in [9.17, 15) is 0 Å². The Hall–Kier alpha value is -2.49. The summed E-state index contributed by atoms with van der Waals surface area (Å²) in [7, 11) is 0. The van der Waals surface area contributed by atoms with Gasteiger partial charge in [0.2, 0.25) is 5.95 Å². The fraction of sp³-hybridized carbons (Fsp3) is 0.0714. The highest BCUT2D eigenvalue weighted by Crippen LogP contribution is 2.18. The van der Waals surface area contributed by atoms with E-state index in [1.807, 2.05) is 49.5 Å².